The first-order valence-corrected chi connectivity index (χ1v) is 7.45. The Morgan fingerprint density at radius 1 is 1.19 bits per heavy atom. The largest absolute Gasteiger partial charge is 0.496 e. The Balaban J connectivity index is 2.46. The molecular weight excluding hydrogens is 266 g/mol. The second-order valence-electron chi connectivity index (χ2n) is 7.05. The Kier molecular flexibility index (Phi) is 4.22. The van der Waals surface area contributed by atoms with Gasteiger partial charge in [-0.1, -0.05) is 6.07 Å². The summed E-state index contributed by atoms with van der Waals surface area (Å²) in [5, 5.41) is 10.2. The van der Waals surface area contributed by atoms with Crippen LogP contribution in [0.5, 0.6) is 5.75 Å². The third-order valence-corrected chi connectivity index (χ3v) is 3.72. The Morgan fingerprint density at radius 2 is 1.76 bits per heavy atom. The van der Waals surface area contributed by atoms with Gasteiger partial charge in [0, 0.05) is 24.3 Å². The average molecular weight is 293 g/mol. The van der Waals surface area contributed by atoms with Crippen molar-refractivity contribution in [2.45, 2.75) is 51.9 Å². The molecule has 2 rings (SSSR count). The van der Waals surface area contributed by atoms with Gasteiger partial charge < -0.3 is 19.5 Å². The minimum Gasteiger partial charge on any atom is -0.496 e. The van der Waals surface area contributed by atoms with Gasteiger partial charge in [-0.15, -0.1) is 0 Å². The quantitative estimate of drug-likeness (QED) is 0.929. The molecule has 4 heteroatoms. The fraction of sp³-hybridized carbons (Fsp3) is 0.647. The molecule has 1 aliphatic rings. The number of aliphatic hydroxyl groups excluding tert-OH is 1. The molecule has 4 nitrogen and oxygen atoms in total. The van der Waals surface area contributed by atoms with Gasteiger partial charge in [0.1, 0.15) is 5.75 Å². The van der Waals surface area contributed by atoms with Crippen molar-refractivity contribution in [2.24, 2.45) is 0 Å². The number of anilines is 1. The van der Waals surface area contributed by atoms with Crippen LogP contribution in [-0.4, -0.2) is 36.5 Å². The van der Waals surface area contributed by atoms with E-state index in [9.17, 15) is 5.11 Å². The summed E-state index contributed by atoms with van der Waals surface area (Å²) in [5.41, 5.74) is 1.39. The standard InChI is InChI=1S/C17H27NO3/c1-12(19)15-13(8-7-9-14(15)20-6)18-10-16(2,3)21-17(4,5)11-18/h7-9,12,19H,10-11H2,1-6H3. The molecule has 1 aromatic rings. The lowest BCUT2D eigenvalue weighted by molar-refractivity contribution is -0.133. The molecular formula is C17H27NO3. The molecule has 1 heterocycles. The van der Waals surface area contributed by atoms with Crippen molar-refractivity contribution in [1.82, 2.24) is 0 Å². The van der Waals surface area contributed by atoms with E-state index in [1.807, 2.05) is 18.2 Å². The van der Waals surface area contributed by atoms with Gasteiger partial charge >= 0.3 is 0 Å². The number of ether oxygens (including phenoxy) is 2. The predicted molar refractivity (Wildman–Crippen MR) is 85.1 cm³/mol. The summed E-state index contributed by atoms with van der Waals surface area (Å²) in [5.74, 6) is 0.726. The van der Waals surface area contributed by atoms with E-state index in [-0.39, 0.29) is 11.2 Å². The lowest BCUT2D eigenvalue weighted by atomic mass is 9.96. The average Bonchev–Trinajstić information content (AvgIpc) is 2.33. The molecule has 1 aromatic carbocycles. The van der Waals surface area contributed by atoms with Crippen LogP contribution in [0.25, 0.3) is 0 Å². The van der Waals surface area contributed by atoms with Crippen LogP contribution in [0.4, 0.5) is 5.69 Å². The first-order valence-electron chi connectivity index (χ1n) is 7.45. The van der Waals surface area contributed by atoms with Gasteiger partial charge in [-0.25, -0.2) is 0 Å². The summed E-state index contributed by atoms with van der Waals surface area (Å²) in [6.45, 7) is 11.7. The Labute approximate surface area is 127 Å². The van der Waals surface area contributed by atoms with E-state index in [0.717, 1.165) is 30.1 Å². The van der Waals surface area contributed by atoms with Crippen LogP contribution < -0.4 is 9.64 Å². The van der Waals surface area contributed by atoms with E-state index in [1.54, 1.807) is 14.0 Å². The van der Waals surface area contributed by atoms with Crippen LogP contribution in [-0.2, 0) is 4.74 Å². The molecule has 1 fully saturated rings. The summed E-state index contributed by atoms with van der Waals surface area (Å²) in [4.78, 5) is 2.29. The molecule has 118 valence electrons. The first-order chi connectivity index (χ1) is 9.65. The molecule has 1 saturated heterocycles. The predicted octanol–water partition coefficient (Wildman–Crippen LogP) is 3.14. The van der Waals surface area contributed by atoms with E-state index in [2.05, 4.69) is 32.6 Å². The second-order valence-corrected chi connectivity index (χ2v) is 7.05. The maximum atomic E-state index is 10.2. The molecule has 0 bridgehead atoms. The van der Waals surface area contributed by atoms with Gasteiger partial charge in [-0.2, -0.15) is 0 Å². The molecule has 0 spiro atoms. The summed E-state index contributed by atoms with van der Waals surface area (Å²) in [6.07, 6.45) is -0.579. The number of methoxy groups -OCH3 is 1. The van der Waals surface area contributed by atoms with Gasteiger partial charge in [-0.05, 0) is 46.8 Å². The fourth-order valence-electron chi connectivity index (χ4n) is 3.36. The van der Waals surface area contributed by atoms with E-state index in [4.69, 9.17) is 9.47 Å². The lowest BCUT2D eigenvalue weighted by Gasteiger charge is -2.48. The molecule has 0 radical (unpaired) electrons. The van der Waals surface area contributed by atoms with Crippen LogP contribution in [0.1, 0.15) is 46.3 Å². The summed E-state index contributed by atoms with van der Waals surface area (Å²) in [7, 11) is 1.64. The van der Waals surface area contributed by atoms with Gasteiger partial charge in [0.05, 0.1) is 24.4 Å². The van der Waals surface area contributed by atoms with Gasteiger partial charge in [0.15, 0.2) is 0 Å². The molecule has 1 N–H and O–H groups in total. The Bertz CT molecular complexity index is 493. The van der Waals surface area contributed by atoms with Crippen molar-refractivity contribution in [3.63, 3.8) is 0 Å². The monoisotopic (exact) mass is 293 g/mol. The third-order valence-electron chi connectivity index (χ3n) is 3.72. The zero-order valence-electron chi connectivity index (χ0n) is 13.9. The van der Waals surface area contributed by atoms with Crippen molar-refractivity contribution >= 4 is 5.69 Å². The van der Waals surface area contributed by atoms with Crippen molar-refractivity contribution in [3.05, 3.63) is 23.8 Å². The Morgan fingerprint density at radius 3 is 2.24 bits per heavy atom. The Hall–Kier alpha value is -1.26. The molecule has 0 aromatic heterocycles. The van der Waals surface area contributed by atoms with Crippen LogP contribution in [0.15, 0.2) is 18.2 Å². The molecule has 0 amide bonds. The smallest absolute Gasteiger partial charge is 0.126 e. The zero-order valence-corrected chi connectivity index (χ0v) is 13.9. The highest BCUT2D eigenvalue weighted by Gasteiger charge is 2.39. The SMILES string of the molecule is COc1cccc(N2CC(C)(C)OC(C)(C)C2)c1C(C)O. The minimum atomic E-state index is -0.579. The first kappa shape index (κ1) is 16.1. The molecule has 1 unspecified atom stereocenters. The molecule has 0 saturated carbocycles. The number of benzene rings is 1. The minimum absolute atomic E-state index is 0.235. The van der Waals surface area contributed by atoms with E-state index in [0.29, 0.717) is 0 Å². The van der Waals surface area contributed by atoms with E-state index in [1.165, 1.54) is 0 Å². The topological polar surface area (TPSA) is 41.9 Å². The number of rotatable bonds is 3. The van der Waals surface area contributed by atoms with Crippen LogP contribution in [0, 0.1) is 0 Å². The van der Waals surface area contributed by atoms with E-state index >= 15 is 0 Å². The molecule has 0 aliphatic carbocycles. The summed E-state index contributed by atoms with van der Waals surface area (Å²) in [6, 6.07) is 5.90. The highest BCUT2D eigenvalue weighted by molar-refractivity contribution is 5.61. The number of hydrogen-bond donors (Lipinski definition) is 1. The van der Waals surface area contributed by atoms with Crippen LogP contribution >= 0.6 is 0 Å². The van der Waals surface area contributed by atoms with Gasteiger partial charge in [0.25, 0.3) is 0 Å². The third kappa shape index (κ3) is 3.50. The molecule has 1 aliphatic heterocycles. The normalized spacial score (nSPS) is 22.0. The van der Waals surface area contributed by atoms with Crippen molar-refractivity contribution in [2.75, 3.05) is 25.1 Å². The number of morpholine rings is 1. The van der Waals surface area contributed by atoms with Crippen molar-refractivity contribution < 1.29 is 14.6 Å². The summed E-state index contributed by atoms with van der Waals surface area (Å²) < 4.78 is 11.6. The number of hydrogen-bond acceptors (Lipinski definition) is 4. The molecule has 21 heavy (non-hydrogen) atoms. The molecule has 1 atom stereocenters. The van der Waals surface area contributed by atoms with Crippen molar-refractivity contribution in [3.8, 4) is 5.75 Å². The summed E-state index contributed by atoms with van der Waals surface area (Å²) >= 11 is 0. The number of aliphatic hydroxyl groups is 1. The van der Waals surface area contributed by atoms with Crippen LogP contribution in [0.3, 0.4) is 0 Å². The highest BCUT2D eigenvalue weighted by Crippen LogP contribution is 2.38. The fourth-order valence-corrected chi connectivity index (χ4v) is 3.36. The van der Waals surface area contributed by atoms with Gasteiger partial charge in [-0.3, -0.25) is 0 Å². The van der Waals surface area contributed by atoms with Gasteiger partial charge in [0.2, 0.25) is 0 Å². The van der Waals surface area contributed by atoms with Crippen LogP contribution in [0.2, 0.25) is 0 Å². The number of nitrogens with zero attached hydrogens (tertiary/aromatic N) is 1. The van der Waals surface area contributed by atoms with E-state index < -0.39 is 6.10 Å². The second kappa shape index (κ2) is 5.50. The lowest BCUT2D eigenvalue weighted by Crippen LogP contribution is -2.57. The van der Waals surface area contributed by atoms with Crippen molar-refractivity contribution in [1.29, 1.82) is 0 Å². The highest BCUT2D eigenvalue weighted by atomic mass is 16.5. The zero-order chi connectivity index (χ0) is 15.8. The maximum Gasteiger partial charge on any atom is 0.126 e. The maximum absolute atomic E-state index is 10.2.